The zero-order valence-electron chi connectivity index (χ0n) is 12.2. The molecule has 0 bridgehead atoms. The van der Waals surface area contributed by atoms with Gasteiger partial charge in [0.15, 0.2) is 0 Å². The van der Waals surface area contributed by atoms with Gasteiger partial charge in [-0.3, -0.25) is 9.89 Å². The Morgan fingerprint density at radius 1 is 1.10 bits per heavy atom. The van der Waals surface area contributed by atoms with Crippen LogP contribution >= 0.6 is 0 Å². The Morgan fingerprint density at radius 3 is 2.19 bits per heavy atom. The molecule has 0 saturated heterocycles. The molecule has 2 aromatic rings. The van der Waals surface area contributed by atoms with Crippen LogP contribution in [0.5, 0.6) is 0 Å². The van der Waals surface area contributed by atoms with Crippen molar-refractivity contribution in [3.63, 3.8) is 0 Å². The molecule has 2 rings (SSSR count). The smallest absolute Gasteiger partial charge is 0.264 e. The van der Waals surface area contributed by atoms with E-state index in [1.807, 2.05) is 12.1 Å². The third-order valence-electron chi connectivity index (χ3n) is 3.13. The first kappa shape index (κ1) is 15.5. The second-order valence-electron chi connectivity index (χ2n) is 5.88. The molecule has 0 aliphatic heterocycles. The van der Waals surface area contributed by atoms with Crippen LogP contribution < -0.4 is 10.3 Å². The van der Waals surface area contributed by atoms with Crippen LogP contribution in [0, 0.1) is 0 Å². The van der Waals surface area contributed by atoms with Gasteiger partial charge in [0.25, 0.3) is 5.56 Å². The summed E-state index contributed by atoms with van der Waals surface area (Å²) in [5.74, 6) is 0. The van der Waals surface area contributed by atoms with Crippen LogP contribution in [-0.4, -0.2) is 18.6 Å². The van der Waals surface area contributed by atoms with E-state index in [1.165, 1.54) is 6.07 Å². The minimum absolute atomic E-state index is 0.0274. The fourth-order valence-electron chi connectivity index (χ4n) is 1.86. The van der Waals surface area contributed by atoms with E-state index in [9.17, 15) is 13.2 Å². The number of sulfonamides is 1. The van der Waals surface area contributed by atoms with E-state index in [-0.39, 0.29) is 22.4 Å². The Hall–Kier alpha value is -1.86. The van der Waals surface area contributed by atoms with E-state index in [0.717, 1.165) is 5.56 Å². The van der Waals surface area contributed by atoms with E-state index in [2.05, 4.69) is 35.7 Å². The summed E-state index contributed by atoms with van der Waals surface area (Å²) in [6, 6.07) is 8.11. The van der Waals surface area contributed by atoms with Gasteiger partial charge in [0.1, 0.15) is 0 Å². The summed E-state index contributed by atoms with van der Waals surface area (Å²) in [5, 5.41) is 4.95. The second kappa shape index (κ2) is 5.50. The molecule has 1 heterocycles. The van der Waals surface area contributed by atoms with Crippen molar-refractivity contribution in [3.8, 4) is 0 Å². The molecular weight excluding hydrogens is 290 g/mol. The monoisotopic (exact) mass is 309 g/mol. The zero-order valence-corrected chi connectivity index (χ0v) is 13.0. The molecule has 0 fully saturated rings. The summed E-state index contributed by atoms with van der Waals surface area (Å²) >= 11 is 0. The van der Waals surface area contributed by atoms with E-state index in [1.54, 1.807) is 12.1 Å². The van der Waals surface area contributed by atoms with Crippen LogP contribution in [0.1, 0.15) is 32.0 Å². The Labute approximate surface area is 123 Å². The third kappa shape index (κ3) is 3.83. The van der Waals surface area contributed by atoms with Gasteiger partial charge in [0, 0.05) is 6.07 Å². The maximum Gasteiger partial charge on any atom is 0.264 e. The average molecular weight is 309 g/mol. The molecule has 0 aliphatic rings. The largest absolute Gasteiger partial charge is 0.301 e. The fourth-order valence-corrected chi connectivity index (χ4v) is 2.86. The highest BCUT2D eigenvalue weighted by Gasteiger charge is 2.17. The lowest BCUT2D eigenvalue weighted by atomic mass is 9.87. The van der Waals surface area contributed by atoms with Gasteiger partial charge in [-0.05, 0) is 23.1 Å². The molecule has 0 unspecified atom stereocenters. The topological polar surface area (TPSA) is 94.8 Å². The van der Waals surface area contributed by atoms with E-state index in [4.69, 9.17) is 0 Å². The molecule has 0 radical (unpaired) electrons. The van der Waals surface area contributed by atoms with E-state index in [0.29, 0.717) is 5.69 Å². The number of benzene rings is 1. The number of H-pyrrole nitrogens is 2. The van der Waals surface area contributed by atoms with Gasteiger partial charge < -0.3 is 5.10 Å². The highest BCUT2D eigenvalue weighted by atomic mass is 32.2. The van der Waals surface area contributed by atoms with Crippen LogP contribution in [0.15, 0.2) is 40.0 Å². The lowest BCUT2D eigenvalue weighted by Crippen LogP contribution is -2.23. The number of hydrogen-bond donors (Lipinski definition) is 3. The highest BCUT2D eigenvalue weighted by Crippen LogP contribution is 2.23. The predicted molar refractivity (Wildman–Crippen MR) is 80.6 cm³/mol. The lowest BCUT2D eigenvalue weighted by molar-refractivity contribution is 0.577. The summed E-state index contributed by atoms with van der Waals surface area (Å²) in [7, 11) is -3.60. The number of nitrogens with one attached hydrogen (secondary N) is 3. The van der Waals surface area contributed by atoms with Gasteiger partial charge >= 0.3 is 0 Å². The summed E-state index contributed by atoms with van der Waals surface area (Å²) in [6.45, 7) is 6.23. The summed E-state index contributed by atoms with van der Waals surface area (Å²) in [5.41, 5.74) is 1.23. The van der Waals surface area contributed by atoms with Crippen LogP contribution in [0.4, 0.5) is 0 Å². The molecule has 0 atom stereocenters. The molecule has 0 saturated carbocycles. The van der Waals surface area contributed by atoms with Crippen molar-refractivity contribution in [1.82, 2.24) is 14.9 Å². The summed E-state index contributed by atoms with van der Waals surface area (Å²) < 4.78 is 26.8. The van der Waals surface area contributed by atoms with E-state index >= 15 is 0 Å². The molecule has 21 heavy (non-hydrogen) atoms. The predicted octanol–water partition coefficient (Wildman–Crippen LogP) is 1.48. The Balaban J connectivity index is 2.14. The Bertz CT molecular complexity index is 765. The molecule has 114 valence electrons. The van der Waals surface area contributed by atoms with Crippen molar-refractivity contribution in [2.45, 2.75) is 37.6 Å². The highest BCUT2D eigenvalue weighted by molar-refractivity contribution is 7.89. The Morgan fingerprint density at radius 2 is 1.71 bits per heavy atom. The Kier molecular flexibility index (Phi) is 4.06. The SMILES string of the molecule is CC(C)(C)c1ccc(S(=O)(=O)NCc2cc(=O)[nH][nH]2)cc1. The quantitative estimate of drug-likeness (QED) is 0.798. The minimum Gasteiger partial charge on any atom is -0.301 e. The molecule has 0 amide bonds. The average Bonchev–Trinajstić information content (AvgIpc) is 2.82. The van der Waals surface area contributed by atoms with Crippen molar-refractivity contribution in [1.29, 1.82) is 0 Å². The second-order valence-corrected chi connectivity index (χ2v) is 7.65. The first-order valence-corrected chi connectivity index (χ1v) is 8.03. The van der Waals surface area contributed by atoms with Crippen molar-refractivity contribution in [2.75, 3.05) is 0 Å². The number of aromatic amines is 2. The van der Waals surface area contributed by atoms with Crippen LogP contribution in [-0.2, 0) is 22.0 Å². The summed E-state index contributed by atoms with van der Waals surface area (Å²) in [6.07, 6.45) is 0. The molecule has 3 N–H and O–H groups in total. The standard InChI is InChI=1S/C14H19N3O3S/c1-14(2,3)10-4-6-12(7-5-10)21(19,20)15-9-11-8-13(18)17-16-11/h4-8,15H,9H2,1-3H3,(H2,16,17,18). The summed E-state index contributed by atoms with van der Waals surface area (Å²) in [4.78, 5) is 11.2. The van der Waals surface area contributed by atoms with Crippen LogP contribution in [0.25, 0.3) is 0 Å². The lowest BCUT2D eigenvalue weighted by Gasteiger charge is -2.19. The van der Waals surface area contributed by atoms with Crippen molar-refractivity contribution in [3.05, 3.63) is 51.9 Å². The zero-order chi connectivity index (χ0) is 15.7. The first-order valence-electron chi connectivity index (χ1n) is 6.55. The normalized spacial score (nSPS) is 12.5. The molecule has 1 aromatic heterocycles. The van der Waals surface area contributed by atoms with Crippen molar-refractivity contribution >= 4 is 10.0 Å². The number of hydrogen-bond acceptors (Lipinski definition) is 3. The minimum atomic E-state index is -3.60. The van der Waals surface area contributed by atoms with Crippen molar-refractivity contribution < 1.29 is 8.42 Å². The van der Waals surface area contributed by atoms with Crippen LogP contribution in [0.2, 0.25) is 0 Å². The maximum atomic E-state index is 12.2. The van der Waals surface area contributed by atoms with Crippen molar-refractivity contribution in [2.24, 2.45) is 0 Å². The first-order chi connectivity index (χ1) is 9.68. The number of rotatable bonds is 4. The van der Waals surface area contributed by atoms with E-state index < -0.39 is 10.0 Å². The van der Waals surface area contributed by atoms with Gasteiger partial charge in [-0.15, -0.1) is 0 Å². The van der Waals surface area contributed by atoms with Gasteiger partial charge in [-0.2, -0.15) is 0 Å². The molecule has 0 spiro atoms. The molecule has 7 heteroatoms. The van der Waals surface area contributed by atoms with Gasteiger partial charge in [0.05, 0.1) is 17.1 Å². The van der Waals surface area contributed by atoms with Crippen LogP contribution in [0.3, 0.4) is 0 Å². The number of aromatic nitrogens is 2. The molecule has 1 aromatic carbocycles. The van der Waals surface area contributed by atoms with Gasteiger partial charge in [0.2, 0.25) is 10.0 Å². The van der Waals surface area contributed by atoms with Gasteiger partial charge in [-0.25, -0.2) is 13.1 Å². The molecule has 0 aliphatic carbocycles. The maximum absolute atomic E-state index is 12.2. The fraction of sp³-hybridized carbons (Fsp3) is 0.357. The third-order valence-corrected chi connectivity index (χ3v) is 4.55. The molecule has 6 nitrogen and oxygen atoms in total. The van der Waals surface area contributed by atoms with Gasteiger partial charge in [-0.1, -0.05) is 32.9 Å². The molecular formula is C14H19N3O3S.